The lowest BCUT2D eigenvalue weighted by Crippen LogP contribution is -2.10. The molecule has 0 bridgehead atoms. The summed E-state index contributed by atoms with van der Waals surface area (Å²) in [6, 6.07) is 10.1. The van der Waals surface area contributed by atoms with Crippen LogP contribution >= 0.6 is 11.6 Å². The van der Waals surface area contributed by atoms with Crippen LogP contribution in [0.1, 0.15) is 17.9 Å². The van der Waals surface area contributed by atoms with Gasteiger partial charge in [-0.3, -0.25) is 4.79 Å². The van der Waals surface area contributed by atoms with Crippen molar-refractivity contribution >= 4 is 17.1 Å². The molecule has 1 unspecified atom stereocenters. The van der Waals surface area contributed by atoms with E-state index in [4.69, 9.17) is 11.6 Å². The highest BCUT2D eigenvalue weighted by molar-refractivity contribution is 6.31. The number of hydrogen-bond acceptors (Lipinski definition) is 2. The molecule has 2 N–H and O–H groups in total. The smallest absolute Gasteiger partial charge is 0.272 e. The summed E-state index contributed by atoms with van der Waals surface area (Å²) < 4.78 is 1.77. The number of H-pyrrole nitrogens is 1. The maximum Gasteiger partial charge on any atom is 0.272 e. The fourth-order valence-corrected chi connectivity index (χ4v) is 3.32. The summed E-state index contributed by atoms with van der Waals surface area (Å²) in [4.78, 5) is 15.0. The molecule has 3 heterocycles. The maximum atomic E-state index is 12.1. The van der Waals surface area contributed by atoms with Crippen LogP contribution in [-0.4, -0.2) is 22.5 Å². The number of rotatable bonds is 2. The van der Waals surface area contributed by atoms with Crippen molar-refractivity contribution in [2.24, 2.45) is 0 Å². The number of aromatic amines is 1. The van der Waals surface area contributed by atoms with Gasteiger partial charge >= 0.3 is 0 Å². The van der Waals surface area contributed by atoms with Gasteiger partial charge in [-0.15, -0.1) is 0 Å². The van der Waals surface area contributed by atoms with Crippen LogP contribution in [-0.2, 0) is 0 Å². The monoisotopic (exact) mass is 313 g/mol. The number of aromatic nitrogens is 2. The van der Waals surface area contributed by atoms with Gasteiger partial charge < -0.3 is 14.7 Å². The second kappa shape index (κ2) is 5.30. The zero-order valence-corrected chi connectivity index (χ0v) is 12.7. The Morgan fingerprint density at radius 3 is 2.73 bits per heavy atom. The van der Waals surface area contributed by atoms with Crippen LogP contribution in [0, 0.1) is 0 Å². The minimum atomic E-state index is -0.131. The Labute approximate surface area is 132 Å². The molecular weight excluding hydrogens is 298 g/mol. The summed E-state index contributed by atoms with van der Waals surface area (Å²) in [5.74, 6) is 0.596. The van der Waals surface area contributed by atoms with E-state index in [1.807, 2.05) is 6.20 Å². The predicted molar refractivity (Wildman–Crippen MR) is 88.7 cm³/mol. The second-order valence-electron chi connectivity index (χ2n) is 5.76. The number of benzene rings is 1. The third-order valence-corrected chi connectivity index (χ3v) is 4.52. The summed E-state index contributed by atoms with van der Waals surface area (Å²) in [5, 5.41) is 3.95. The summed E-state index contributed by atoms with van der Waals surface area (Å²) >= 11 is 5.97. The molecule has 0 aliphatic carbocycles. The van der Waals surface area contributed by atoms with E-state index < -0.39 is 0 Å². The minimum absolute atomic E-state index is 0.131. The van der Waals surface area contributed by atoms with Crippen LogP contribution < -0.4 is 10.9 Å². The first-order chi connectivity index (χ1) is 10.7. The predicted octanol–water partition coefficient (Wildman–Crippen LogP) is 3.02. The van der Waals surface area contributed by atoms with Gasteiger partial charge in [0.2, 0.25) is 0 Å². The van der Waals surface area contributed by atoms with Crippen molar-refractivity contribution in [2.45, 2.75) is 12.3 Å². The van der Waals surface area contributed by atoms with Gasteiger partial charge in [0, 0.05) is 18.9 Å². The molecule has 0 saturated carbocycles. The summed E-state index contributed by atoms with van der Waals surface area (Å²) in [5.41, 5.74) is 3.57. The van der Waals surface area contributed by atoms with Gasteiger partial charge in [0.05, 0.1) is 10.7 Å². The quantitative estimate of drug-likeness (QED) is 0.764. The van der Waals surface area contributed by atoms with Crippen LogP contribution in [0.4, 0.5) is 0 Å². The molecule has 1 atom stereocenters. The van der Waals surface area contributed by atoms with E-state index >= 15 is 0 Å². The highest BCUT2D eigenvalue weighted by atomic mass is 35.5. The lowest BCUT2D eigenvalue weighted by Gasteiger charge is -2.10. The topological polar surface area (TPSA) is 49.3 Å². The molecule has 1 fully saturated rings. The Morgan fingerprint density at radius 1 is 1.18 bits per heavy atom. The van der Waals surface area contributed by atoms with E-state index in [-0.39, 0.29) is 5.56 Å². The maximum absolute atomic E-state index is 12.1. The number of fused-ring (bicyclic) bond motifs is 1. The molecular formula is C17H16ClN3O. The van der Waals surface area contributed by atoms with Crippen LogP contribution in [0.25, 0.3) is 16.8 Å². The molecule has 1 aromatic carbocycles. The number of nitrogens with one attached hydrogen (secondary N) is 2. The van der Waals surface area contributed by atoms with Gasteiger partial charge in [0.25, 0.3) is 5.56 Å². The van der Waals surface area contributed by atoms with Crippen molar-refractivity contribution in [3.8, 4) is 11.3 Å². The fraction of sp³-hybridized carbons (Fsp3) is 0.235. The molecule has 4 nitrogen and oxygen atoms in total. The van der Waals surface area contributed by atoms with Gasteiger partial charge in [-0.2, -0.15) is 0 Å². The summed E-state index contributed by atoms with van der Waals surface area (Å²) in [6.45, 7) is 2.13. The van der Waals surface area contributed by atoms with Crippen molar-refractivity contribution in [2.75, 3.05) is 13.1 Å². The van der Waals surface area contributed by atoms with Crippen LogP contribution in [0.5, 0.6) is 0 Å². The van der Waals surface area contributed by atoms with Crippen molar-refractivity contribution in [3.05, 3.63) is 63.7 Å². The number of nitrogens with zero attached hydrogens (tertiary/aromatic N) is 1. The van der Waals surface area contributed by atoms with Crippen molar-refractivity contribution in [3.63, 3.8) is 0 Å². The molecule has 0 spiro atoms. The third-order valence-electron chi connectivity index (χ3n) is 4.32. The number of hydrogen-bond donors (Lipinski definition) is 2. The zero-order chi connectivity index (χ0) is 15.1. The first kappa shape index (κ1) is 13.6. The Balaban J connectivity index is 1.73. The van der Waals surface area contributed by atoms with Crippen molar-refractivity contribution < 1.29 is 0 Å². The number of halogens is 1. The molecule has 1 aliphatic heterocycles. The first-order valence-electron chi connectivity index (χ1n) is 7.42. The zero-order valence-electron chi connectivity index (χ0n) is 12.0. The Morgan fingerprint density at radius 2 is 2.00 bits per heavy atom. The van der Waals surface area contributed by atoms with Crippen molar-refractivity contribution in [1.29, 1.82) is 0 Å². The fourth-order valence-electron chi connectivity index (χ4n) is 3.11. The molecule has 4 rings (SSSR count). The molecule has 0 amide bonds. The third kappa shape index (κ3) is 2.34. The largest absolute Gasteiger partial charge is 0.319 e. The summed E-state index contributed by atoms with van der Waals surface area (Å²) in [7, 11) is 0. The normalized spacial score (nSPS) is 18.1. The van der Waals surface area contributed by atoms with E-state index in [0.29, 0.717) is 16.5 Å². The van der Waals surface area contributed by atoms with E-state index in [9.17, 15) is 4.79 Å². The van der Waals surface area contributed by atoms with Crippen molar-refractivity contribution in [1.82, 2.24) is 14.7 Å². The van der Waals surface area contributed by atoms with E-state index in [2.05, 4.69) is 34.6 Å². The van der Waals surface area contributed by atoms with Crippen LogP contribution in [0.2, 0.25) is 5.02 Å². The summed E-state index contributed by atoms with van der Waals surface area (Å²) in [6.07, 6.45) is 4.83. The Hall–Kier alpha value is -2.04. The minimum Gasteiger partial charge on any atom is -0.319 e. The molecule has 3 aromatic rings. The second-order valence-corrected chi connectivity index (χ2v) is 6.20. The molecule has 22 heavy (non-hydrogen) atoms. The van der Waals surface area contributed by atoms with E-state index in [1.165, 1.54) is 12.0 Å². The lowest BCUT2D eigenvalue weighted by molar-refractivity contribution is 0.763. The van der Waals surface area contributed by atoms with Gasteiger partial charge in [0.1, 0.15) is 5.52 Å². The van der Waals surface area contributed by atoms with E-state index in [0.717, 1.165) is 24.3 Å². The first-order valence-corrected chi connectivity index (χ1v) is 7.80. The Bertz CT molecular complexity index is 873. The molecule has 1 aliphatic rings. The SMILES string of the molecule is O=c1[nH]c(-c2ccc(C3CCNC3)cc2)cn2cc(Cl)cc12. The molecule has 112 valence electrons. The highest BCUT2D eigenvalue weighted by Crippen LogP contribution is 2.25. The lowest BCUT2D eigenvalue weighted by atomic mass is 9.97. The highest BCUT2D eigenvalue weighted by Gasteiger charge is 2.16. The standard InChI is InChI=1S/C17H16ClN3O/c18-14-7-16-17(22)20-15(10-21(16)9-14)12-3-1-11(2-4-12)13-5-6-19-8-13/h1-4,7,9-10,13,19H,5-6,8H2,(H,20,22). The molecule has 0 radical (unpaired) electrons. The molecule has 5 heteroatoms. The Kier molecular flexibility index (Phi) is 3.28. The van der Waals surface area contributed by atoms with Gasteiger partial charge in [-0.25, -0.2) is 0 Å². The van der Waals surface area contributed by atoms with Crippen LogP contribution in [0.15, 0.2) is 47.5 Å². The van der Waals surface area contributed by atoms with E-state index in [1.54, 1.807) is 16.7 Å². The van der Waals surface area contributed by atoms with Crippen LogP contribution in [0.3, 0.4) is 0 Å². The van der Waals surface area contributed by atoms with Gasteiger partial charge in [0.15, 0.2) is 0 Å². The molecule has 1 saturated heterocycles. The van der Waals surface area contributed by atoms with Gasteiger partial charge in [-0.1, -0.05) is 35.9 Å². The molecule has 2 aromatic heterocycles. The average molecular weight is 314 g/mol. The average Bonchev–Trinajstić information content (AvgIpc) is 3.16. The van der Waals surface area contributed by atoms with Gasteiger partial charge in [-0.05, 0) is 36.1 Å².